The number of aromatic carboxylic acids is 1. The molecule has 5 aliphatic carbocycles. The molecule has 10 atom stereocenters. The number of sulfone groups is 1. The quantitative estimate of drug-likeness (QED) is 0.274. The van der Waals surface area contributed by atoms with Crippen LogP contribution in [-0.2, 0) is 14.6 Å². The maximum Gasteiger partial charge on any atom is 0.335 e. The Balaban J connectivity index is 1.16. The summed E-state index contributed by atoms with van der Waals surface area (Å²) in [6.07, 6.45) is 12.6. The molecule has 10 unspecified atom stereocenters. The summed E-state index contributed by atoms with van der Waals surface area (Å²) < 4.78 is 24.5. The van der Waals surface area contributed by atoms with Gasteiger partial charge < -0.3 is 10.4 Å². The lowest BCUT2D eigenvalue weighted by molar-refractivity contribution is -0.176. The highest BCUT2D eigenvalue weighted by molar-refractivity contribution is 7.91. The number of nitrogens with one attached hydrogen (secondary N) is 1. The van der Waals surface area contributed by atoms with Crippen molar-refractivity contribution in [2.24, 2.45) is 57.7 Å². The standard InChI is InChI=1S/C44H64N2O5S/c1-27(2)31-15-21-44(45-39(47)38(28(3)4)46-23-25-52(50,51)26-24-46)22-17-34-32(37(31)44)13-14-36-42(34,7)20-18-35-41(5,6)33(16-19-43(35,36)8)29-9-11-30(12-10-29)40(48)49/h9-12,16,28,31-32,34-38H,1,13-15,17-26H2,2-8H3,(H,45,47)(H,48,49). The molecule has 8 heteroatoms. The molecule has 0 radical (unpaired) electrons. The van der Waals surface area contributed by atoms with Crippen LogP contribution in [0.4, 0.5) is 0 Å². The van der Waals surface area contributed by atoms with Crippen LogP contribution in [0.25, 0.3) is 5.57 Å². The molecular weight excluding hydrogens is 669 g/mol. The van der Waals surface area contributed by atoms with Crippen LogP contribution in [0.5, 0.6) is 0 Å². The number of benzene rings is 1. The number of carboxylic acids is 1. The van der Waals surface area contributed by atoms with E-state index in [0.29, 0.717) is 54.2 Å². The van der Waals surface area contributed by atoms with E-state index in [9.17, 15) is 23.1 Å². The van der Waals surface area contributed by atoms with Crippen molar-refractivity contribution >= 4 is 27.3 Å². The van der Waals surface area contributed by atoms with Gasteiger partial charge >= 0.3 is 5.97 Å². The Labute approximate surface area is 313 Å². The molecule has 0 aromatic heterocycles. The number of nitrogens with zero attached hydrogens (tertiary/aromatic N) is 1. The molecule has 2 N–H and O–H groups in total. The van der Waals surface area contributed by atoms with Crippen LogP contribution in [-0.4, -0.2) is 66.5 Å². The number of carboxylic acid groups (broad SMARTS) is 1. The van der Waals surface area contributed by atoms with Gasteiger partial charge in [0.25, 0.3) is 0 Å². The highest BCUT2D eigenvalue weighted by Gasteiger charge is 2.67. The van der Waals surface area contributed by atoms with Gasteiger partial charge in [-0.2, -0.15) is 0 Å². The van der Waals surface area contributed by atoms with Crippen molar-refractivity contribution in [1.82, 2.24) is 10.2 Å². The molecular formula is C44H64N2O5S. The number of fused-ring (bicyclic) bond motifs is 7. The van der Waals surface area contributed by atoms with E-state index in [1.807, 2.05) is 12.1 Å². The minimum absolute atomic E-state index is 0.0239. The first-order chi connectivity index (χ1) is 24.3. The summed E-state index contributed by atoms with van der Waals surface area (Å²) in [6, 6.07) is 7.18. The number of carbonyl (C=O) groups excluding carboxylic acids is 1. The zero-order valence-electron chi connectivity index (χ0n) is 32.8. The molecule has 52 heavy (non-hydrogen) atoms. The molecule has 1 aliphatic heterocycles. The Morgan fingerprint density at radius 1 is 0.904 bits per heavy atom. The van der Waals surface area contributed by atoms with Crippen molar-refractivity contribution in [2.45, 2.75) is 118 Å². The molecule has 1 aromatic carbocycles. The summed E-state index contributed by atoms with van der Waals surface area (Å²) in [5.74, 6) is 2.69. The number of rotatable bonds is 7. The van der Waals surface area contributed by atoms with E-state index >= 15 is 0 Å². The average molecular weight is 733 g/mol. The van der Waals surface area contributed by atoms with Crippen LogP contribution in [0.15, 0.2) is 42.5 Å². The molecule has 1 saturated heterocycles. The SMILES string of the molecule is C=C(C)C1CCC2(NC(=O)C(C(C)C)N3CCS(=O)(=O)CC3)CCC3C(CCC4C3(C)CCC3C(C)(C)C(c5ccc(C(=O)O)cc5)=CCC34C)C12. The van der Waals surface area contributed by atoms with Gasteiger partial charge in [-0.05, 0) is 146 Å². The van der Waals surface area contributed by atoms with E-state index in [2.05, 4.69) is 71.3 Å². The second-order valence-electron chi connectivity index (χ2n) is 19.5. The van der Waals surface area contributed by atoms with Crippen molar-refractivity contribution in [3.8, 4) is 0 Å². The first-order valence-electron chi connectivity index (χ1n) is 20.3. The summed E-state index contributed by atoms with van der Waals surface area (Å²) in [5.41, 5.74) is 4.27. The Hall–Kier alpha value is -2.45. The minimum Gasteiger partial charge on any atom is -0.478 e. The monoisotopic (exact) mass is 732 g/mol. The Bertz CT molecular complexity index is 1730. The third kappa shape index (κ3) is 5.95. The van der Waals surface area contributed by atoms with Crippen molar-refractivity contribution in [1.29, 1.82) is 0 Å². The third-order valence-electron chi connectivity index (χ3n) is 16.3. The van der Waals surface area contributed by atoms with Crippen molar-refractivity contribution in [3.05, 3.63) is 53.6 Å². The van der Waals surface area contributed by atoms with Crippen LogP contribution < -0.4 is 5.32 Å². The van der Waals surface area contributed by atoms with Crippen LogP contribution in [0.3, 0.4) is 0 Å². The molecule has 1 aromatic rings. The van der Waals surface area contributed by atoms with Crippen molar-refractivity contribution in [3.63, 3.8) is 0 Å². The first kappa shape index (κ1) is 37.8. The van der Waals surface area contributed by atoms with E-state index in [1.54, 1.807) is 12.1 Å². The topological polar surface area (TPSA) is 104 Å². The van der Waals surface area contributed by atoms with Gasteiger partial charge in [-0.25, -0.2) is 13.2 Å². The van der Waals surface area contributed by atoms with Crippen LogP contribution >= 0.6 is 0 Å². The number of hydrogen-bond donors (Lipinski definition) is 2. The van der Waals surface area contributed by atoms with Gasteiger partial charge in [-0.15, -0.1) is 0 Å². The second kappa shape index (κ2) is 13.1. The highest BCUT2D eigenvalue weighted by atomic mass is 32.2. The molecule has 4 saturated carbocycles. The second-order valence-corrected chi connectivity index (χ2v) is 21.8. The van der Waals surface area contributed by atoms with Gasteiger partial charge in [-0.3, -0.25) is 9.69 Å². The lowest BCUT2D eigenvalue weighted by Crippen LogP contribution is -2.66. The maximum absolute atomic E-state index is 14.5. The van der Waals surface area contributed by atoms with Crippen LogP contribution in [0.2, 0.25) is 0 Å². The average Bonchev–Trinajstić information content (AvgIpc) is 3.45. The summed E-state index contributed by atoms with van der Waals surface area (Å²) in [6.45, 7) is 21.9. The van der Waals surface area contributed by atoms with Crippen molar-refractivity contribution in [2.75, 3.05) is 24.6 Å². The fourth-order valence-electron chi connectivity index (χ4n) is 14.1. The van der Waals surface area contributed by atoms with Gasteiger partial charge in [0.15, 0.2) is 9.84 Å². The molecule has 1 heterocycles. The summed E-state index contributed by atoms with van der Waals surface area (Å²) in [5, 5.41) is 13.3. The molecule has 286 valence electrons. The minimum atomic E-state index is -3.03. The largest absolute Gasteiger partial charge is 0.478 e. The zero-order chi connectivity index (χ0) is 37.6. The third-order valence-corrected chi connectivity index (χ3v) is 17.9. The molecule has 0 spiro atoms. The van der Waals surface area contributed by atoms with Gasteiger partial charge in [0.05, 0.1) is 23.1 Å². The van der Waals surface area contributed by atoms with Crippen molar-refractivity contribution < 1.29 is 23.1 Å². The predicted octanol–water partition coefficient (Wildman–Crippen LogP) is 8.27. The molecule has 7 nitrogen and oxygen atoms in total. The van der Waals surface area contributed by atoms with E-state index in [4.69, 9.17) is 0 Å². The highest BCUT2D eigenvalue weighted by Crippen LogP contribution is 2.73. The number of hydrogen-bond acceptors (Lipinski definition) is 5. The Kier molecular flexibility index (Phi) is 9.53. The molecule has 5 fully saturated rings. The molecule has 7 rings (SSSR count). The fourth-order valence-corrected chi connectivity index (χ4v) is 15.4. The van der Waals surface area contributed by atoms with Gasteiger partial charge in [0.1, 0.15) is 0 Å². The van der Waals surface area contributed by atoms with E-state index < -0.39 is 15.8 Å². The first-order valence-corrected chi connectivity index (χ1v) is 22.1. The van der Waals surface area contributed by atoms with Crippen LogP contribution in [0.1, 0.15) is 122 Å². The zero-order valence-corrected chi connectivity index (χ0v) is 33.7. The summed E-state index contributed by atoms with van der Waals surface area (Å²) >= 11 is 0. The van der Waals surface area contributed by atoms with Gasteiger partial charge in [0.2, 0.25) is 5.91 Å². The summed E-state index contributed by atoms with van der Waals surface area (Å²) in [7, 11) is -3.03. The molecule has 1 amide bonds. The Morgan fingerprint density at radius 3 is 2.17 bits per heavy atom. The van der Waals surface area contributed by atoms with E-state index in [-0.39, 0.29) is 51.2 Å². The number of amides is 1. The summed E-state index contributed by atoms with van der Waals surface area (Å²) in [4.78, 5) is 28.1. The fraction of sp³-hybridized carbons (Fsp3) is 0.727. The maximum atomic E-state index is 14.5. The van der Waals surface area contributed by atoms with Gasteiger partial charge in [-0.1, -0.05) is 71.9 Å². The predicted molar refractivity (Wildman–Crippen MR) is 208 cm³/mol. The Morgan fingerprint density at radius 2 is 1.56 bits per heavy atom. The molecule has 0 bridgehead atoms. The normalized spacial score (nSPS) is 40.0. The lowest BCUT2D eigenvalue weighted by atomic mass is 9.36. The van der Waals surface area contributed by atoms with Crippen LogP contribution in [0, 0.1) is 57.7 Å². The number of allylic oxidation sites excluding steroid dienone is 3. The molecule has 6 aliphatic rings. The number of carbonyl (C=O) groups is 2. The smallest absolute Gasteiger partial charge is 0.335 e. The van der Waals surface area contributed by atoms with Gasteiger partial charge in [0, 0.05) is 18.6 Å². The van der Waals surface area contributed by atoms with E-state index in [0.717, 1.165) is 37.7 Å². The lowest BCUT2D eigenvalue weighted by Gasteiger charge is -2.68. The van der Waals surface area contributed by atoms with E-state index in [1.165, 1.54) is 36.8 Å².